The summed E-state index contributed by atoms with van der Waals surface area (Å²) in [5.74, 6) is 1.60. The Hall–Kier alpha value is -3.79. The summed E-state index contributed by atoms with van der Waals surface area (Å²) in [5, 5.41) is 2.91. The van der Waals surface area contributed by atoms with Crippen molar-refractivity contribution in [2.75, 3.05) is 35.9 Å². The molecule has 10 heteroatoms. The summed E-state index contributed by atoms with van der Waals surface area (Å²) in [5.41, 5.74) is 1.75. The lowest BCUT2D eigenvalue weighted by molar-refractivity contribution is 0.0951. The van der Waals surface area contributed by atoms with Crippen LogP contribution < -0.4 is 24.4 Å². The van der Waals surface area contributed by atoms with Crippen LogP contribution in [0.25, 0.3) is 0 Å². The molecule has 1 fully saturated rings. The average Bonchev–Trinajstić information content (AvgIpc) is 3.43. The molecule has 0 aliphatic carbocycles. The van der Waals surface area contributed by atoms with Gasteiger partial charge in [-0.05, 0) is 66.9 Å². The fraction of sp³-hybridized carbons (Fsp3) is 0.280. The van der Waals surface area contributed by atoms with Crippen LogP contribution in [0.4, 0.5) is 11.5 Å². The molecule has 2 aliphatic heterocycles. The van der Waals surface area contributed by atoms with Crippen molar-refractivity contribution in [3.8, 4) is 11.5 Å². The molecule has 2 N–H and O–H groups in total. The maximum absolute atomic E-state index is 12.8. The second kappa shape index (κ2) is 9.83. The quantitative estimate of drug-likeness (QED) is 0.519. The average molecular weight is 495 g/mol. The predicted molar refractivity (Wildman–Crippen MR) is 132 cm³/mol. The SMILES string of the molecule is O=C(NCc1ccnc(N2CCCC2)c1)c1ccc(NS(=O)(=O)c2ccc3c(c2)OCCO3)cc1. The molecule has 3 aromatic rings. The summed E-state index contributed by atoms with van der Waals surface area (Å²) in [7, 11) is -3.83. The second-order valence-electron chi connectivity index (χ2n) is 8.39. The molecule has 1 saturated heterocycles. The van der Waals surface area contributed by atoms with E-state index in [1.165, 1.54) is 25.0 Å². The number of pyridine rings is 1. The summed E-state index contributed by atoms with van der Waals surface area (Å²) in [6, 6.07) is 14.6. The zero-order chi connectivity index (χ0) is 24.3. The van der Waals surface area contributed by atoms with E-state index in [1.54, 1.807) is 36.5 Å². The lowest BCUT2D eigenvalue weighted by atomic mass is 10.2. The summed E-state index contributed by atoms with van der Waals surface area (Å²) in [6.45, 7) is 3.19. The van der Waals surface area contributed by atoms with E-state index in [9.17, 15) is 13.2 Å². The van der Waals surface area contributed by atoms with Gasteiger partial charge in [-0.15, -0.1) is 0 Å². The maximum atomic E-state index is 12.8. The molecular formula is C25H26N4O5S. The largest absolute Gasteiger partial charge is 0.486 e. The first-order valence-corrected chi connectivity index (χ1v) is 13.0. The zero-order valence-corrected chi connectivity index (χ0v) is 19.9. The van der Waals surface area contributed by atoms with Gasteiger partial charge in [-0.3, -0.25) is 9.52 Å². The number of hydrogen-bond acceptors (Lipinski definition) is 7. The Bertz CT molecular complexity index is 1320. The predicted octanol–water partition coefficient (Wildman–Crippen LogP) is 3.18. The monoisotopic (exact) mass is 494 g/mol. The molecule has 0 saturated carbocycles. The molecule has 2 aliphatic rings. The minimum Gasteiger partial charge on any atom is -0.486 e. The Balaban J connectivity index is 1.20. The van der Waals surface area contributed by atoms with Crippen LogP contribution in [0.2, 0.25) is 0 Å². The number of amides is 1. The van der Waals surface area contributed by atoms with Crippen molar-refractivity contribution in [1.29, 1.82) is 0 Å². The van der Waals surface area contributed by atoms with Crippen LogP contribution in [0, 0.1) is 0 Å². The molecule has 3 heterocycles. The van der Waals surface area contributed by atoms with Gasteiger partial charge in [-0.1, -0.05) is 0 Å². The van der Waals surface area contributed by atoms with E-state index < -0.39 is 10.0 Å². The number of rotatable bonds is 7. The van der Waals surface area contributed by atoms with Gasteiger partial charge in [0.25, 0.3) is 15.9 Å². The van der Waals surface area contributed by atoms with Crippen LogP contribution in [0.1, 0.15) is 28.8 Å². The summed E-state index contributed by atoms with van der Waals surface area (Å²) in [6.07, 6.45) is 4.11. The van der Waals surface area contributed by atoms with Gasteiger partial charge in [-0.25, -0.2) is 13.4 Å². The van der Waals surface area contributed by atoms with Crippen molar-refractivity contribution >= 4 is 27.4 Å². The van der Waals surface area contributed by atoms with Crippen molar-refractivity contribution in [3.05, 3.63) is 71.9 Å². The van der Waals surface area contributed by atoms with E-state index in [0.717, 1.165) is 24.5 Å². The van der Waals surface area contributed by atoms with Crippen LogP contribution >= 0.6 is 0 Å². The van der Waals surface area contributed by atoms with Crippen LogP contribution in [0.15, 0.2) is 65.7 Å². The number of benzene rings is 2. The van der Waals surface area contributed by atoms with Gasteiger partial charge in [0, 0.05) is 43.1 Å². The van der Waals surface area contributed by atoms with E-state index >= 15 is 0 Å². The Morgan fingerprint density at radius 1 is 0.943 bits per heavy atom. The number of hydrogen-bond donors (Lipinski definition) is 2. The van der Waals surface area contributed by atoms with Gasteiger partial charge in [0.05, 0.1) is 4.90 Å². The van der Waals surface area contributed by atoms with Crippen LogP contribution in [-0.2, 0) is 16.6 Å². The van der Waals surface area contributed by atoms with E-state index in [0.29, 0.717) is 42.5 Å². The van der Waals surface area contributed by atoms with Crippen molar-refractivity contribution in [2.45, 2.75) is 24.3 Å². The lowest BCUT2D eigenvalue weighted by Crippen LogP contribution is -2.23. The van der Waals surface area contributed by atoms with Gasteiger partial charge in [-0.2, -0.15) is 0 Å². The number of carbonyl (C=O) groups excluding carboxylic acids is 1. The molecular weight excluding hydrogens is 468 g/mol. The molecule has 1 aromatic heterocycles. The topological polar surface area (TPSA) is 110 Å². The number of carbonyl (C=O) groups is 1. The number of nitrogens with zero attached hydrogens (tertiary/aromatic N) is 2. The fourth-order valence-electron chi connectivity index (χ4n) is 4.07. The van der Waals surface area contributed by atoms with Crippen molar-refractivity contribution in [1.82, 2.24) is 10.3 Å². The number of ether oxygens (including phenoxy) is 2. The zero-order valence-electron chi connectivity index (χ0n) is 19.1. The molecule has 5 rings (SSSR count). The van der Waals surface area contributed by atoms with E-state index in [-0.39, 0.29) is 10.8 Å². The highest BCUT2D eigenvalue weighted by Gasteiger charge is 2.20. The van der Waals surface area contributed by atoms with Gasteiger partial charge < -0.3 is 19.7 Å². The van der Waals surface area contributed by atoms with E-state index in [2.05, 4.69) is 19.9 Å². The third kappa shape index (κ3) is 5.32. The summed E-state index contributed by atoms with van der Waals surface area (Å²) >= 11 is 0. The molecule has 2 aromatic carbocycles. The van der Waals surface area contributed by atoms with Gasteiger partial charge in [0.2, 0.25) is 0 Å². The highest BCUT2D eigenvalue weighted by atomic mass is 32.2. The molecule has 0 unspecified atom stereocenters. The van der Waals surface area contributed by atoms with Crippen molar-refractivity contribution < 1.29 is 22.7 Å². The smallest absolute Gasteiger partial charge is 0.262 e. The van der Waals surface area contributed by atoms with Gasteiger partial charge in [0.1, 0.15) is 19.0 Å². The molecule has 1 amide bonds. The Labute approximate surface area is 204 Å². The molecule has 9 nitrogen and oxygen atoms in total. The Morgan fingerprint density at radius 2 is 1.69 bits per heavy atom. The number of fused-ring (bicyclic) bond motifs is 1. The molecule has 0 bridgehead atoms. The third-order valence-corrected chi connectivity index (χ3v) is 7.30. The fourth-order valence-corrected chi connectivity index (χ4v) is 5.14. The van der Waals surface area contributed by atoms with Crippen LogP contribution in [0.5, 0.6) is 11.5 Å². The molecule has 0 atom stereocenters. The highest BCUT2D eigenvalue weighted by Crippen LogP contribution is 2.32. The first-order chi connectivity index (χ1) is 17.0. The van der Waals surface area contributed by atoms with Gasteiger partial charge in [0.15, 0.2) is 11.5 Å². The summed E-state index contributed by atoms with van der Waals surface area (Å²) in [4.78, 5) is 19.4. The number of aromatic nitrogens is 1. The van der Waals surface area contributed by atoms with Crippen molar-refractivity contribution in [3.63, 3.8) is 0 Å². The molecule has 35 heavy (non-hydrogen) atoms. The normalized spacial score (nSPS) is 15.0. The maximum Gasteiger partial charge on any atom is 0.262 e. The first kappa shape index (κ1) is 23.0. The van der Waals surface area contributed by atoms with Crippen LogP contribution in [-0.4, -0.2) is 45.6 Å². The van der Waals surface area contributed by atoms with Crippen molar-refractivity contribution in [2.24, 2.45) is 0 Å². The second-order valence-corrected chi connectivity index (χ2v) is 10.1. The number of anilines is 2. The van der Waals surface area contributed by atoms with E-state index in [4.69, 9.17) is 9.47 Å². The van der Waals surface area contributed by atoms with Crippen LogP contribution in [0.3, 0.4) is 0 Å². The number of nitrogens with one attached hydrogen (secondary N) is 2. The number of sulfonamides is 1. The van der Waals surface area contributed by atoms with E-state index in [1.807, 2.05) is 12.1 Å². The first-order valence-electron chi connectivity index (χ1n) is 11.5. The molecule has 182 valence electrons. The van der Waals surface area contributed by atoms with Gasteiger partial charge >= 0.3 is 0 Å². The summed E-state index contributed by atoms with van der Waals surface area (Å²) < 4.78 is 39.0. The lowest BCUT2D eigenvalue weighted by Gasteiger charge is -2.19. The molecule has 0 spiro atoms. The minimum absolute atomic E-state index is 0.0641. The minimum atomic E-state index is -3.83. The third-order valence-electron chi connectivity index (χ3n) is 5.92. The Kier molecular flexibility index (Phi) is 6.45. The standard InChI is InChI=1S/C25H26N4O5S/c30-25(27-17-18-9-10-26-24(15-18)29-11-1-2-12-29)19-3-5-20(6-4-19)28-35(31,32)21-7-8-22-23(16-21)34-14-13-33-22/h3-10,15-16,28H,1-2,11-14,17H2,(H,27,30). The molecule has 0 radical (unpaired) electrons. The highest BCUT2D eigenvalue weighted by molar-refractivity contribution is 7.92. The Morgan fingerprint density at radius 3 is 2.46 bits per heavy atom.